The summed E-state index contributed by atoms with van der Waals surface area (Å²) < 4.78 is 50.9. The summed E-state index contributed by atoms with van der Waals surface area (Å²) in [6.07, 6.45) is 2.36. The van der Waals surface area contributed by atoms with E-state index < -0.39 is 30.7 Å². The second-order valence-corrected chi connectivity index (χ2v) is 11.1. The topological polar surface area (TPSA) is 166 Å². The molecule has 4 rings (SSSR count). The van der Waals surface area contributed by atoms with E-state index in [1.54, 1.807) is 30.5 Å². The fraction of sp³-hybridized carbons (Fsp3) is 0.250. The van der Waals surface area contributed by atoms with Gasteiger partial charge in [-0.1, -0.05) is 18.2 Å². The minimum atomic E-state index is -4.09. The third-order valence-corrected chi connectivity index (χ3v) is 8.36. The number of pyridine rings is 1. The molecule has 3 N–H and O–H groups in total. The number of nitrogens with two attached hydrogens (primary N) is 1. The molecule has 1 aliphatic rings. The number of nitrogens with zero attached hydrogens (tertiary/aromatic N) is 3. The lowest BCUT2D eigenvalue weighted by molar-refractivity contribution is -0.384. The zero-order chi connectivity index (χ0) is 23.8. The summed E-state index contributed by atoms with van der Waals surface area (Å²) in [6.45, 7) is 0.429. The summed E-state index contributed by atoms with van der Waals surface area (Å²) in [5.74, 6) is 0. The first kappa shape index (κ1) is 23.0. The molecule has 13 heteroatoms. The molecule has 2 aromatic carbocycles. The molecule has 33 heavy (non-hydrogen) atoms. The standard InChI is InChI=1S/C20H21N5O6S2/c21-32(28,29)16-6-7-17(18(13-16)25(26)27)23-15-8-11-24(12-9-15)33(30,31)19-5-1-3-14-4-2-10-22-20(14)19/h1-7,10,13,15,23H,8-9,11-12H2,(H2,21,28,29). The van der Waals surface area contributed by atoms with Crippen LogP contribution in [0.3, 0.4) is 0 Å². The lowest BCUT2D eigenvalue weighted by Gasteiger charge is -2.32. The molecule has 174 valence electrons. The Morgan fingerprint density at radius 1 is 1.06 bits per heavy atom. The molecule has 0 unspecified atom stereocenters. The number of hydrogen-bond acceptors (Lipinski definition) is 8. The number of hydrogen-bond donors (Lipinski definition) is 2. The second-order valence-electron chi connectivity index (χ2n) is 7.64. The van der Waals surface area contributed by atoms with Crippen molar-refractivity contribution in [2.24, 2.45) is 5.14 Å². The highest BCUT2D eigenvalue weighted by atomic mass is 32.2. The maximum atomic E-state index is 13.2. The number of nitrogens with one attached hydrogen (secondary N) is 1. The van der Waals surface area contributed by atoms with E-state index in [1.165, 1.54) is 22.5 Å². The lowest BCUT2D eigenvalue weighted by atomic mass is 10.1. The zero-order valence-corrected chi connectivity index (χ0v) is 18.9. The van der Waals surface area contributed by atoms with Crippen LogP contribution in [0.1, 0.15) is 12.8 Å². The fourth-order valence-electron chi connectivity index (χ4n) is 3.85. The van der Waals surface area contributed by atoms with Crippen LogP contribution in [-0.2, 0) is 20.0 Å². The molecule has 0 radical (unpaired) electrons. The zero-order valence-electron chi connectivity index (χ0n) is 17.3. The van der Waals surface area contributed by atoms with Gasteiger partial charge in [-0.05, 0) is 37.1 Å². The molecule has 0 atom stereocenters. The van der Waals surface area contributed by atoms with Crippen molar-refractivity contribution < 1.29 is 21.8 Å². The van der Waals surface area contributed by atoms with Gasteiger partial charge in [-0.25, -0.2) is 22.0 Å². The van der Waals surface area contributed by atoms with E-state index in [2.05, 4.69) is 10.3 Å². The first-order chi connectivity index (χ1) is 15.6. The second kappa shape index (κ2) is 8.67. The molecule has 3 aromatic rings. The highest BCUT2D eigenvalue weighted by Crippen LogP contribution is 2.31. The first-order valence-corrected chi connectivity index (χ1v) is 13.0. The highest BCUT2D eigenvalue weighted by molar-refractivity contribution is 7.89. The molecule has 0 aliphatic carbocycles. The predicted molar refractivity (Wildman–Crippen MR) is 122 cm³/mol. The quantitative estimate of drug-likeness (QED) is 0.390. The van der Waals surface area contributed by atoms with Crippen LogP contribution < -0.4 is 10.5 Å². The van der Waals surface area contributed by atoms with Crippen molar-refractivity contribution in [2.45, 2.75) is 28.7 Å². The third kappa shape index (κ3) is 4.66. The Morgan fingerprint density at radius 2 is 1.76 bits per heavy atom. The van der Waals surface area contributed by atoms with Crippen LogP contribution in [0, 0.1) is 10.1 Å². The van der Waals surface area contributed by atoms with E-state index in [4.69, 9.17) is 5.14 Å². The number of para-hydroxylation sites is 1. The van der Waals surface area contributed by atoms with Gasteiger partial charge in [-0.15, -0.1) is 0 Å². The maximum absolute atomic E-state index is 13.2. The number of nitro groups is 1. The molecular formula is C20H21N5O6S2. The van der Waals surface area contributed by atoms with Gasteiger partial charge in [0.25, 0.3) is 5.69 Å². The van der Waals surface area contributed by atoms with Gasteiger partial charge in [0.15, 0.2) is 0 Å². The largest absolute Gasteiger partial charge is 0.377 e. The predicted octanol–water partition coefficient (Wildman–Crippen LogP) is 2.06. The Kier molecular flexibility index (Phi) is 6.05. The minimum Gasteiger partial charge on any atom is -0.377 e. The Balaban J connectivity index is 1.51. The van der Waals surface area contributed by atoms with Gasteiger partial charge in [-0.2, -0.15) is 4.31 Å². The summed E-state index contributed by atoms with van der Waals surface area (Å²) in [5, 5.41) is 20.3. The number of anilines is 1. The van der Waals surface area contributed by atoms with Crippen molar-refractivity contribution in [3.8, 4) is 0 Å². The van der Waals surface area contributed by atoms with Crippen LogP contribution in [0.15, 0.2) is 64.5 Å². The van der Waals surface area contributed by atoms with Gasteiger partial charge in [0.05, 0.1) is 15.3 Å². The Morgan fingerprint density at radius 3 is 2.42 bits per heavy atom. The Hall–Kier alpha value is -3.13. The average molecular weight is 492 g/mol. The number of piperidine rings is 1. The molecule has 2 heterocycles. The van der Waals surface area contributed by atoms with Crippen molar-refractivity contribution >= 4 is 42.3 Å². The number of nitro benzene ring substituents is 1. The van der Waals surface area contributed by atoms with Crippen LogP contribution in [-0.4, -0.2) is 50.2 Å². The molecule has 1 saturated heterocycles. The first-order valence-electron chi connectivity index (χ1n) is 9.99. The highest BCUT2D eigenvalue weighted by Gasteiger charge is 2.31. The average Bonchev–Trinajstić information content (AvgIpc) is 2.78. The smallest absolute Gasteiger partial charge is 0.293 e. The van der Waals surface area contributed by atoms with Gasteiger partial charge < -0.3 is 5.32 Å². The fourth-order valence-corrected chi connectivity index (χ4v) is 6.01. The summed E-state index contributed by atoms with van der Waals surface area (Å²) in [6, 6.07) is 11.7. The lowest BCUT2D eigenvalue weighted by Crippen LogP contribution is -2.42. The van der Waals surface area contributed by atoms with E-state index in [9.17, 15) is 26.9 Å². The summed E-state index contributed by atoms with van der Waals surface area (Å²) in [5.41, 5.74) is 0.135. The molecule has 11 nitrogen and oxygen atoms in total. The van der Waals surface area contributed by atoms with Crippen LogP contribution in [0.2, 0.25) is 0 Å². The van der Waals surface area contributed by atoms with E-state index in [0.29, 0.717) is 18.4 Å². The Labute approximate surface area is 190 Å². The molecule has 0 saturated carbocycles. The molecule has 0 bridgehead atoms. The summed E-state index contributed by atoms with van der Waals surface area (Å²) in [4.78, 5) is 14.7. The molecule has 1 aliphatic heterocycles. The number of sulfonamides is 2. The van der Waals surface area contributed by atoms with E-state index >= 15 is 0 Å². The minimum absolute atomic E-state index is 0.140. The summed E-state index contributed by atoms with van der Waals surface area (Å²) >= 11 is 0. The van der Waals surface area contributed by atoms with Crippen molar-refractivity contribution in [1.82, 2.24) is 9.29 Å². The maximum Gasteiger partial charge on any atom is 0.293 e. The van der Waals surface area contributed by atoms with E-state index in [-0.39, 0.29) is 34.6 Å². The van der Waals surface area contributed by atoms with Gasteiger partial charge in [0.1, 0.15) is 10.6 Å². The SMILES string of the molecule is NS(=O)(=O)c1ccc(NC2CCN(S(=O)(=O)c3cccc4cccnc34)CC2)c([N+](=O)[O-])c1. The molecular weight excluding hydrogens is 470 g/mol. The molecule has 0 amide bonds. The third-order valence-electron chi connectivity index (χ3n) is 5.52. The number of primary sulfonamides is 1. The van der Waals surface area contributed by atoms with Crippen LogP contribution in [0.25, 0.3) is 10.9 Å². The van der Waals surface area contributed by atoms with E-state index in [1.807, 2.05) is 0 Å². The molecule has 1 aromatic heterocycles. The van der Waals surface area contributed by atoms with Gasteiger partial charge in [0, 0.05) is 36.8 Å². The molecule has 0 spiro atoms. The number of aromatic nitrogens is 1. The number of rotatable bonds is 6. The molecule has 1 fully saturated rings. The van der Waals surface area contributed by atoms with Crippen molar-refractivity contribution in [3.05, 3.63) is 64.8 Å². The van der Waals surface area contributed by atoms with Gasteiger partial charge in [0.2, 0.25) is 20.0 Å². The van der Waals surface area contributed by atoms with Crippen molar-refractivity contribution in [1.29, 1.82) is 0 Å². The van der Waals surface area contributed by atoms with Gasteiger partial charge in [-0.3, -0.25) is 15.1 Å². The number of benzene rings is 2. The van der Waals surface area contributed by atoms with Gasteiger partial charge >= 0.3 is 0 Å². The van der Waals surface area contributed by atoms with Crippen molar-refractivity contribution in [3.63, 3.8) is 0 Å². The number of fused-ring (bicyclic) bond motifs is 1. The van der Waals surface area contributed by atoms with Crippen LogP contribution >= 0.6 is 0 Å². The normalized spacial score (nSPS) is 16.0. The van der Waals surface area contributed by atoms with Crippen LogP contribution in [0.4, 0.5) is 11.4 Å². The van der Waals surface area contributed by atoms with E-state index in [0.717, 1.165) is 11.5 Å². The van der Waals surface area contributed by atoms with Crippen molar-refractivity contribution in [2.75, 3.05) is 18.4 Å². The van der Waals surface area contributed by atoms with Crippen LogP contribution in [0.5, 0.6) is 0 Å². The summed E-state index contributed by atoms with van der Waals surface area (Å²) in [7, 11) is -7.86. The monoisotopic (exact) mass is 491 g/mol. The Bertz CT molecular complexity index is 1430.